The van der Waals surface area contributed by atoms with E-state index in [-0.39, 0.29) is 23.4 Å². The highest BCUT2D eigenvalue weighted by molar-refractivity contribution is 6.07. The van der Waals surface area contributed by atoms with Crippen molar-refractivity contribution in [3.8, 4) is 5.75 Å². The lowest BCUT2D eigenvalue weighted by molar-refractivity contribution is -0.122. The number of halogens is 1. The van der Waals surface area contributed by atoms with Crippen molar-refractivity contribution in [3.63, 3.8) is 0 Å². The molecular formula is C21H20FNO4. The number of ether oxygens (including phenoxy) is 1. The average molecular weight is 369 g/mol. The van der Waals surface area contributed by atoms with Gasteiger partial charge >= 0.3 is 5.97 Å². The Morgan fingerprint density at radius 1 is 1.22 bits per heavy atom. The summed E-state index contributed by atoms with van der Waals surface area (Å²) >= 11 is 0. The van der Waals surface area contributed by atoms with Crippen LogP contribution in [-0.4, -0.2) is 23.1 Å². The summed E-state index contributed by atoms with van der Waals surface area (Å²) in [5.74, 6) is -0.904. The second kappa shape index (κ2) is 6.37. The molecule has 2 aliphatic rings. The van der Waals surface area contributed by atoms with Gasteiger partial charge in [-0.05, 0) is 68.0 Å². The van der Waals surface area contributed by atoms with E-state index in [1.165, 1.54) is 12.1 Å². The molecule has 1 saturated carbocycles. The third-order valence-corrected chi connectivity index (χ3v) is 5.70. The maximum Gasteiger partial charge on any atom is 0.335 e. The van der Waals surface area contributed by atoms with Crippen LogP contribution in [0.2, 0.25) is 0 Å². The predicted octanol–water partition coefficient (Wildman–Crippen LogP) is 4.04. The normalized spacial score (nSPS) is 23.8. The Kier molecular flexibility index (Phi) is 4.13. The van der Waals surface area contributed by atoms with E-state index in [0.29, 0.717) is 42.7 Å². The van der Waals surface area contributed by atoms with Crippen molar-refractivity contribution >= 4 is 17.6 Å². The van der Waals surface area contributed by atoms with Gasteiger partial charge in [0, 0.05) is 11.8 Å². The fourth-order valence-corrected chi connectivity index (χ4v) is 4.08. The highest BCUT2D eigenvalue weighted by Crippen LogP contribution is 2.48. The smallest absolute Gasteiger partial charge is 0.335 e. The largest absolute Gasteiger partial charge is 0.490 e. The van der Waals surface area contributed by atoms with E-state index in [1.54, 1.807) is 31.2 Å². The molecule has 0 bridgehead atoms. The summed E-state index contributed by atoms with van der Waals surface area (Å²) < 4.78 is 19.6. The second-order valence-electron chi connectivity index (χ2n) is 7.33. The number of rotatable bonds is 3. The number of aryl methyl sites for hydroxylation is 1. The van der Waals surface area contributed by atoms with Crippen LogP contribution in [0.4, 0.5) is 10.1 Å². The monoisotopic (exact) mass is 369 g/mol. The Hall–Kier alpha value is -2.89. The molecule has 0 atom stereocenters. The topological polar surface area (TPSA) is 75.6 Å². The highest BCUT2D eigenvalue weighted by atomic mass is 19.1. The lowest BCUT2D eigenvalue weighted by Crippen LogP contribution is -2.41. The molecule has 1 heterocycles. The lowest BCUT2D eigenvalue weighted by Gasteiger charge is -2.35. The van der Waals surface area contributed by atoms with Crippen molar-refractivity contribution in [1.29, 1.82) is 0 Å². The minimum atomic E-state index is -1.01. The van der Waals surface area contributed by atoms with E-state index < -0.39 is 11.4 Å². The third kappa shape index (κ3) is 2.95. The van der Waals surface area contributed by atoms with Crippen molar-refractivity contribution in [2.45, 2.75) is 44.1 Å². The van der Waals surface area contributed by atoms with Crippen LogP contribution in [0.3, 0.4) is 0 Å². The summed E-state index contributed by atoms with van der Waals surface area (Å²) in [6.07, 6.45) is 2.30. The summed E-state index contributed by atoms with van der Waals surface area (Å²) in [7, 11) is 0. The van der Waals surface area contributed by atoms with Crippen molar-refractivity contribution in [2.24, 2.45) is 0 Å². The molecule has 0 aromatic heterocycles. The Bertz CT molecular complexity index is 932. The second-order valence-corrected chi connectivity index (χ2v) is 7.33. The standard InChI is InChI=1S/C21H20FNO4/c1-12-2-4-15(11-17(12)22)27-14-6-8-21(9-7-14)16-10-13(19(24)25)3-5-18(16)23-20(21)26/h2-5,10-11,14H,6-9H2,1H3,(H,23,26)(H,24,25). The number of hydrogen-bond acceptors (Lipinski definition) is 3. The number of fused-ring (bicyclic) bond motifs is 2. The van der Waals surface area contributed by atoms with E-state index in [0.717, 1.165) is 5.56 Å². The van der Waals surface area contributed by atoms with Gasteiger partial charge in [-0.25, -0.2) is 9.18 Å². The average Bonchev–Trinajstić information content (AvgIpc) is 2.91. The number of carbonyl (C=O) groups excluding carboxylic acids is 1. The first-order chi connectivity index (χ1) is 12.9. The maximum absolute atomic E-state index is 13.7. The van der Waals surface area contributed by atoms with E-state index in [4.69, 9.17) is 4.74 Å². The molecule has 1 aliphatic carbocycles. The number of amides is 1. The van der Waals surface area contributed by atoms with E-state index in [2.05, 4.69) is 5.32 Å². The van der Waals surface area contributed by atoms with Crippen LogP contribution in [0.25, 0.3) is 0 Å². The number of aromatic carboxylic acids is 1. The first-order valence-electron chi connectivity index (χ1n) is 9.01. The molecule has 6 heteroatoms. The zero-order valence-corrected chi connectivity index (χ0v) is 14.9. The number of anilines is 1. The van der Waals surface area contributed by atoms with Gasteiger partial charge in [0.15, 0.2) is 0 Å². The summed E-state index contributed by atoms with van der Waals surface area (Å²) in [5, 5.41) is 12.1. The van der Waals surface area contributed by atoms with Crippen LogP contribution in [0, 0.1) is 12.7 Å². The van der Waals surface area contributed by atoms with E-state index in [9.17, 15) is 19.1 Å². The summed E-state index contributed by atoms with van der Waals surface area (Å²) in [6, 6.07) is 9.58. The first kappa shape index (κ1) is 17.5. The molecule has 140 valence electrons. The van der Waals surface area contributed by atoms with Gasteiger partial charge in [-0.15, -0.1) is 0 Å². The summed E-state index contributed by atoms with van der Waals surface area (Å²) in [4.78, 5) is 24.0. The molecule has 1 aliphatic heterocycles. The first-order valence-corrected chi connectivity index (χ1v) is 9.01. The van der Waals surface area contributed by atoms with Gasteiger partial charge < -0.3 is 15.2 Å². The van der Waals surface area contributed by atoms with Crippen LogP contribution in [0.15, 0.2) is 36.4 Å². The molecule has 1 fully saturated rings. The van der Waals surface area contributed by atoms with Crippen molar-refractivity contribution in [1.82, 2.24) is 0 Å². The number of carboxylic acid groups (broad SMARTS) is 1. The van der Waals surface area contributed by atoms with Crippen molar-refractivity contribution < 1.29 is 23.8 Å². The zero-order chi connectivity index (χ0) is 19.2. The molecule has 0 saturated heterocycles. The molecule has 2 N–H and O–H groups in total. The van der Waals surface area contributed by atoms with Gasteiger partial charge in [-0.1, -0.05) is 6.07 Å². The SMILES string of the molecule is Cc1ccc(OC2CCC3(CC2)C(=O)Nc2ccc(C(=O)O)cc23)cc1F. The van der Waals surface area contributed by atoms with Gasteiger partial charge in [0.05, 0.1) is 17.1 Å². The summed E-state index contributed by atoms with van der Waals surface area (Å²) in [6.45, 7) is 1.70. The molecule has 2 aromatic rings. The lowest BCUT2D eigenvalue weighted by atomic mass is 9.69. The minimum absolute atomic E-state index is 0.0835. The zero-order valence-electron chi connectivity index (χ0n) is 14.9. The van der Waals surface area contributed by atoms with Gasteiger partial charge in [-0.2, -0.15) is 0 Å². The third-order valence-electron chi connectivity index (χ3n) is 5.70. The molecule has 1 amide bonds. The molecule has 5 nitrogen and oxygen atoms in total. The van der Waals surface area contributed by atoms with Crippen molar-refractivity contribution in [3.05, 3.63) is 58.9 Å². The molecule has 0 radical (unpaired) electrons. The van der Waals surface area contributed by atoms with Crippen LogP contribution in [0.5, 0.6) is 5.75 Å². The predicted molar refractivity (Wildman–Crippen MR) is 97.7 cm³/mol. The number of nitrogens with one attached hydrogen (secondary N) is 1. The number of hydrogen-bond donors (Lipinski definition) is 2. The fourth-order valence-electron chi connectivity index (χ4n) is 4.08. The van der Waals surface area contributed by atoms with Crippen LogP contribution in [0.1, 0.15) is 47.2 Å². The molecule has 2 aromatic carbocycles. The Morgan fingerprint density at radius 3 is 2.63 bits per heavy atom. The van der Waals surface area contributed by atoms with Crippen LogP contribution < -0.4 is 10.1 Å². The summed E-state index contributed by atoms with van der Waals surface area (Å²) in [5.41, 5.74) is 1.48. The minimum Gasteiger partial charge on any atom is -0.490 e. The molecule has 4 rings (SSSR count). The number of benzene rings is 2. The maximum atomic E-state index is 13.7. The van der Waals surface area contributed by atoms with E-state index in [1.807, 2.05) is 0 Å². The Morgan fingerprint density at radius 2 is 1.96 bits per heavy atom. The highest BCUT2D eigenvalue weighted by Gasteiger charge is 2.49. The van der Waals surface area contributed by atoms with Gasteiger partial charge in [0.25, 0.3) is 0 Å². The van der Waals surface area contributed by atoms with E-state index >= 15 is 0 Å². The van der Waals surface area contributed by atoms with Gasteiger partial charge in [0.2, 0.25) is 5.91 Å². The quantitative estimate of drug-likeness (QED) is 0.856. The van der Waals surface area contributed by atoms with Gasteiger partial charge in [0.1, 0.15) is 11.6 Å². The van der Waals surface area contributed by atoms with Crippen molar-refractivity contribution in [2.75, 3.05) is 5.32 Å². The van der Waals surface area contributed by atoms with Crippen LogP contribution >= 0.6 is 0 Å². The Labute approximate surface area is 156 Å². The molecule has 1 spiro atoms. The Balaban J connectivity index is 1.53. The van der Waals surface area contributed by atoms with Crippen LogP contribution in [-0.2, 0) is 10.2 Å². The molecule has 27 heavy (non-hydrogen) atoms. The molecule has 0 unspecified atom stereocenters. The number of carboxylic acids is 1. The van der Waals surface area contributed by atoms with Gasteiger partial charge in [-0.3, -0.25) is 4.79 Å². The number of carbonyl (C=O) groups is 2. The fraction of sp³-hybridized carbons (Fsp3) is 0.333. The molecular weight excluding hydrogens is 349 g/mol.